The van der Waals surface area contributed by atoms with Gasteiger partial charge in [-0.15, -0.1) is 13.2 Å². The molecule has 0 aliphatic heterocycles. The van der Waals surface area contributed by atoms with Gasteiger partial charge in [-0.3, -0.25) is 4.74 Å². The first kappa shape index (κ1) is 8.64. The second-order valence-electron chi connectivity index (χ2n) is 1.02. The molecule has 0 N–H and O–H groups in total. The lowest BCUT2D eigenvalue weighted by Gasteiger charge is -2.04. The summed E-state index contributed by atoms with van der Waals surface area (Å²) in [5.41, 5.74) is 0. The highest BCUT2D eigenvalue weighted by molar-refractivity contribution is 4.19. The van der Waals surface area contributed by atoms with E-state index in [9.17, 15) is 17.6 Å². The molecular weight excluding hydrogens is 144 g/mol. The Morgan fingerprint density at radius 3 is 2.11 bits per heavy atom. The van der Waals surface area contributed by atoms with Crippen molar-refractivity contribution in [2.45, 2.75) is 6.36 Å². The molecule has 0 fully saturated rings. The van der Waals surface area contributed by atoms with E-state index in [1.165, 1.54) is 0 Å². The second-order valence-corrected chi connectivity index (χ2v) is 1.02. The molecule has 0 heterocycles. The Labute approximate surface area is 48.4 Å². The molecule has 0 spiro atoms. The Hall–Kier alpha value is -0.360. The molecule has 2 nitrogen and oxygen atoms in total. The van der Waals surface area contributed by atoms with Crippen LogP contribution >= 0.6 is 0 Å². The predicted octanol–water partition coefficient (Wildman–Crippen LogP) is 1.42. The first-order valence-electron chi connectivity index (χ1n) is 1.90. The summed E-state index contributed by atoms with van der Waals surface area (Å²) in [7, 11) is 0. The SMILES string of the molecule is FCOCOC(F)(F)F. The van der Waals surface area contributed by atoms with Crippen molar-refractivity contribution < 1.29 is 27.0 Å². The molecular formula is C3H4F4O2. The maximum Gasteiger partial charge on any atom is 0.524 e. The lowest BCUT2D eigenvalue weighted by molar-refractivity contribution is -0.351. The van der Waals surface area contributed by atoms with Crippen molar-refractivity contribution >= 4 is 0 Å². The lowest BCUT2D eigenvalue weighted by Crippen LogP contribution is -2.15. The van der Waals surface area contributed by atoms with Gasteiger partial charge in [0, 0.05) is 0 Å². The Morgan fingerprint density at radius 1 is 1.22 bits per heavy atom. The molecule has 0 rings (SSSR count). The van der Waals surface area contributed by atoms with Gasteiger partial charge >= 0.3 is 6.36 Å². The van der Waals surface area contributed by atoms with E-state index in [1.807, 2.05) is 0 Å². The molecule has 0 aromatic rings. The standard InChI is InChI=1S/C3H4F4O2/c4-1-8-2-9-3(5,6)7/h1-2H2. The fourth-order valence-corrected chi connectivity index (χ4v) is 0.140. The lowest BCUT2D eigenvalue weighted by atomic mass is 11.2. The van der Waals surface area contributed by atoms with Crippen LogP contribution in [0.1, 0.15) is 0 Å². The minimum Gasteiger partial charge on any atom is -0.324 e. The zero-order valence-electron chi connectivity index (χ0n) is 4.24. The van der Waals surface area contributed by atoms with E-state index in [1.54, 1.807) is 0 Å². The molecule has 0 aliphatic carbocycles. The monoisotopic (exact) mass is 148 g/mol. The topological polar surface area (TPSA) is 18.5 Å². The van der Waals surface area contributed by atoms with Crippen LogP contribution in [0.2, 0.25) is 0 Å². The van der Waals surface area contributed by atoms with Crippen molar-refractivity contribution in [2.75, 3.05) is 13.7 Å². The van der Waals surface area contributed by atoms with Crippen LogP contribution in [-0.2, 0) is 9.47 Å². The van der Waals surface area contributed by atoms with Gasteiger partial charge in [-0.2, -0.15) is 0 Å². The fraction of sp³-hybridized carbons (Fsp3) is 1.00. The molecule has 0 atom stereocenters. The van der Waals surface area contributed by atoms with Crippen LogP contribution in [0.3, 0.4) is 0 Å². The zero-order valence-corrected chi connectivity index (χ0v) is 4.24. The molecule has 9 heavy (non-hydrogen) atoms. The summed E-state index contributed by atoms with van der Waals surface area (Å²) in [6, 6.07) is 0. The van der Waals surface area contributed by atoms with Gasteiger partial charge in [-0.1, -0.05) is 0 Å². The summed E-state index contributed by atoms with van der Waals surface area (Å²) in [6.07, 6.45) is -4.74. The molecule has 0 saturated heterocycles. The van der Waals surface area contributed by atoms with E-state index in [0.29, 0.717) is 0 Å². The van der Waals surface area contributed by atoms with Crippen molar-refractivity contribution in [2.24, 2.45) is 0 Å². The first-order chi connectivity index (χ1) is 4.06. The first-order valence-corrected chi connectivity index (χ1v) is 1.90. The Balaban J connectivity index is 3.07. The zero-order chi connectivity index (χ0) is 7.33. The molecule has 0 unspecified atom stereocenters. The average Bonchev–Trinajstić information content (AvgIpc) is 1.63. The molecule has 0 amide bonds. The summed E-state index contributed by atoms with van der Waals surface area (Å²) < 4.78 is 50.4. The van der Waals surface area contributed by atoms with Crippen molar-refractivity contribution in [1.82, 2.24) is 0 Å². The third kappa shape index (κ3) is 7.64. The van der Waals surface area contributed by atoms with E-state index in [2.05, 4.69) is 9.47 Å². The quantitative estimate of drug-likeness (QED) is 0.342. The van der Waals surface area contributed by atoms with Crippen LogP contribution in [0.25, 0.3) is 0 Å². The van der Waals surface area contributed by atoms with E-state index in [4.69, 9.17) is 0 Å². The van der Waals surface area contributed by atoms with Crippen LogP contribution in [0, 0.1) is 0 Å². The summed E-state index contributed by atoms with van der Waals surface area (Å²) in [5.74, 6) is 0. The van der Waals surface area contributed by atoms with Crippen molar-refractivity contribution in [3.8, 4) is 0 Å². The van der Waals surface area contributed by atoms with E-state index in [0.717, 1.165) is 0 Å². The van der Waals surface area contributed by atoms with Crippen molar-refractivity contribution in [1.29, 1.82) is 0 Å². The van der Waals surface area contributed by atoms with Crippen LogP contribution in [-0.4, -0.2) is 20.0 Å². The smallest absolute Gasteiger partial charge is 0.324 e. The Kier molecular flexibility index (Phi) is 3.48. The number of halogens is 4. The summed E-state index contributed by atoms with van der Waals surface area (Å²) in [5, 5.41) is 0. The van der Waals surface area contributed by atoms with E-state index >= 15 is 0 Å². The minimum atomic E-state index is -4.74. The molecule has 0 bridgehead atoms. The van der Waals surface area contributed by atoms with E-state index in [-0.39, 0.29) is 0 Å². The van der Waals surface area contributed by atoms with Gasteiger partial charge in [0.25, 0.3) is 0 Å². The summed E-state index contributed by atoms with van der Waals surface area (Å²) >= 11 is 0. The fourth-order valence-electron chi connectivity index (χ4n) is 0.140. The second kappa shape index (κ2) is 3.62. The van der Waals surface area contributed by atoms with E-state index < -0.39 is 20.0 Å². The predicted molar refractivity (Wildman–Crippen MR) is 19.1 cm³/mol. The molecule has 0 aromatic carbocycles. The molecule has 0 saturated carbocycles. The van der Waals surface area contributed by atoms with Crippen LogP contribution < -0.4 is 0 Å². The van der Waals surface area contributed by atoms with Gasteiger partial charge in [0.15, 0.2) is 13.7 Å². The largest absolute Gasteiger partial charge is 0.524 e. The van der Waals surface area contributed by atoms with Gasteiger partial charge in [0.2, 0.25) is 0 Å². The van der Waals surface area contributed by atoms with Crippen LogP contribution in [0.4, 0.5) is 17.6 Å². The number of hydrogen-bond acceptors (Lipinski definition) is 2. The van der Waals surface area contributed by atoms with Crippen LogP contribution in [0.15, 0.2) is 0 Å². The number of rotatable bonds is 3. The Bertz CT molecular complexity index is 70.7. The number of hydrogen-bond donors (Lipinski definition) is 0. The number of ether oxygens (including phenoxy) is 2. The summed E-state index contributed by atoms with van der Waals surface area (Å²) in [6.45, 7) is -2.38. The van der Waals surface area contributed by atoms with Crippen LogP contribution in [0.5, 0.6) is 0 Å². The van der Waals surface area contributed by atoms with Gasteiger partial charge in [0.1, 0.15) is 0 Å². The minimum absolute atomic E-state index is 1.10. The molecule has 0 radical (unpaired) electrons. The normalized spacial score (nSPS) is 12.0. The molecule has 6 heteroatoms. The maximum atomic E-state index is 11.0. The highest BCUT2D eigenvalue weighted by Gasteiger charge is 2.28. The molecule has 56 valence electrons. The highest BCUT2D eigenvalue weighted by atomic mass is 19.4. The van der Waals surface area contributed by atoms with Gasteiger partial charge in [0.05, 0.1) is 0 Å². The average molecular weight is 148 g/mol. The summed E-state index contributed by atoms with van der Waals surface area (Å²) in [4.78, 5) is 0. The third-order valence-corrected chi connectivity index (χ3v) is 0.383. The number of alkyl halides is 4. The maximum absolute atomic E-state index is 11.0. The van der Waals surface area contributed by atoms with Crippen molar-refractivity contribution in [3.05, 3.63) is 0 Å². The van der Waals surface area contributed by atoms with Gasteiger partial charge < -0.3 is 4.74 Å². The molecule has 0 aliphatic rings. The Morgan fingerprint density at radius 2 is 1.78 bits per heavy atom. The third-order valence-electron chi connectivity index (χ3n) is 0.383. The van der Waals surface area contributed by atoms with Gasteiger partial charge in [-0.05, 0) is 0 Å². The highest BCUT2D eigenvalue weighted by Crippen LogP contribution is 2.15. The van der Waals surface area contributed by atoms with Gasteiger partial charge in [-0.25, -0.2) is 4.39 Å². The van der Waals surface area contributed by atoms with Crippen molar-refractivity contribution in [3.63, 3.8) is 0 Å². The molecule has 0 aromatic heterocycles.